The van der Waals surface area contributed by atoms with Crippen LogP contribution in [0.4, 0.5) is 0 Å². The summed E-state index contributed by atoms with van der Waals surface area (Å²) in [6, 6.07) is -0.106. The topological polar surface area (TPSA) is 64.3 Å². The van der Waals surface area contributed by atoms with E-state index in [4.69, 9.17) is 10.5 Å². The van der Waals surface area contributed by atoms with Crippen molar-refractivity contribution in [1.29, 1.82) is 0 Å². The van der Waals surface area contributed by atoms with E-state index in [9.17, 15) is 4.79 Å². The Bertz CT molecular complexity index is 172. The standard InChI is InChI=1S/C11H24N2O2/c1-4-5-7-15-8-6-13-11(14)9(2)10(3)12/h9-10H,4-8,12H2,1-3H3,(H,13,14). The fraction of sp³-hybridized carbons (Fsp3) is 0.909. The molecule has 0 radical (unpaired) electrons. The van der Waals surface area contributed by atoms with Gasteiger partial charge in [-0.1, -0.05) is 20.3 Å². The first kappa shape index (κ1) is 14.4. The fourth-order valence-electron chi connectivity index (χ4n) is 0.995. The molecule has 0 saturated carbocycles. The Morgan fingerprint density at radius 1 is 1.40 bits per heavy atom. The number of carbonyl (C=O) groups excluding carboxylic acids is 1. The van der Waals surface area contributed by atoms with Gasteiger partial charge in [-0.3, -0.25) is 4.79 Å². The van der Waals surface area contributed by atoms with Crippen molar-refractivity contribution in [2.24, 2.45) is 11.7 Å². The zero-order valence-electron chi connectivity index (χ0n) is 10.1. The molecule has 0 aliphatic heterocycles. The Morgan fingerprint density at radius 2 is 2.07 bits per heavy atom. The van der Waals surface area contributed by atoms with Crippen LogP contribution in [0.5, 0.6) is 0 Å². The van der Waals surface area contributed by atoms with Gasteiger partial charge in [0.2, 0.25) is 5.91 Å². The summed E-state index contributed by atoms with van der Waals surface area (Å²) in [6.07, 6.45) is 2.21. The summed E-state index contributed by atoms with van der Waals surface area (Å²) >= 11 is 0. The van der Waals surface area contributed by atoms with Crippen LogP contribution in [-0.4, -0.2) is 31.7 Å². The maximum absolute atomic E-state index is 11.4. The zero-order valence-corrected chi connectivity index (χ0v) is 10.1. The minimum absolute atomic E-state index is 0.00379. The smallest absolute Gasteiger partial charge is 0.224 e. The Hall–Kier alpha value is -0.610. The van der Waals surface area contributed by atoms with E-state index in [1.807, 2.05) is 13.8 Å². The van der Waals surface area contributed by atoms with E-state index >= 15 is 0 Å². The second kappa shape index (κ2) is 8.68. The van der Waals surface area contributed by atoms with Crippen molar-refractivity contribution in [2.45, 2.75) is 39.7 Å². The quantitative estimate of drug-likeness (QED) is 0.593. The van der Waals surface area contributed by atoms with Gasteiger partial charge in [0.25, 0.3) is 0 Å². The maximum atomic E-state index is 11.4. The number of nitrogens with one attached hydrogen (secondary N) is 1. The summed E-state index contributed by atoms with van der Waals surface area (Å²) in [6.45, 7) is 7.71. The number of carbonyl (C=O) groups is 1. The van der Waals surface area contributed by atoms with Gasteiger partial charge in [0.15, 0.2) is 0 Å². The van der Waals surface area contributed by atoms with Crippen LogP contribution in [0.1, 0.15) is 33.6 Å². The van der Waals surface area contributed by atoms with Gasteiger partial charge in [-0.15, -0.1) is 0 Å². The monoisotopic (exact) mass is 216 g/mol. The van der Waals surface area contributed by atoms with Crippen LogP contribution in [0.15, 0.2) is 0 Å². The van der Waals surface area contributed by atoms with Gasteiger partial charge in [-0.05, 0) is 13.3 Å². The van der Waals surface area contributed by atoms with Crippen molar-refractivity contribution < 1.29 is 9.53 Å². The van der Waals surface area contributed by atoms with E-state index < -0.39 is 0 Å². The highest BCUT2D eigenvalue weighted by atomic mass is 16.5. The average molecular weight is 216 g/mol. The lowest BCUT2D eigenvalue weighted by Crippen LogP contribution is -2.39. The Morgan fingerprint density at radius 3 is 2.60 bits per heavy atom. The zero-order chi connectivity index (χ0) is 11.7. The molecular weight excluding hydrogens is 192 g/mol. The van der Waals surface area contributed by atoms with E-state index in [1.165, 1.54) is 0 Å². The molecule has 90 valence electrons. The first-order valence-electron chi connectivity index (χ1n) is 5.70. The van der Waals surface area contributed by atoms with Crippen LogP contribution < -0.4 is 11.1 Å². The summed E-state index contributed by atoms with van der Waals surface area (Å²) in [5, 5.41) is 2.80. The molecule has 0 aromatic heterocycles. The molecule has 0 spiro atoms. The highest BCUT2D eigenvalue weighted by Crippen LogP contribution is 1.98. The van der Waals surface area contributed by atoms with Gasteiger partial charge in [0.05, 0.1) is 6.61 Å². The minimum Gasteiger partial charge on any atom is -0.380 e. The number of amides is 1. The molecule has 3 N–H and O–H groups in total. The van der Waals surface area contributed by atoms with Gasteiger partial charge in [-0.25, -0.2) is 0 Å². The molecule has 0 bridgehead atoms. The van der Waals surface area contributed by atoms with Crippen molar-refractivity contribution in [3.05, 3.63) is 0 Å². The number of rotatable bonds is 8. The van der Waals surface area contributed by atoms with E-state index in [0.717, 1.165) is 19.4 Å². The Kier molecular flexibility index (Phi) is 8.33. The lowest BCUT2D eigenvalue weighted by Gasteiger charge is -2.15. The van der Waals surface area contributed by atoms with Crippen LogP contribution >= 0.6 is 0 Å². The fourth-order valence-corrected chi connectivity index (χ4v) is 0.995. The van der Waals surface area contributed by atoms with Crippen molar-refractivity contribution in [2.75, 3.05) is 19.8 Å². The molecule has 4 heteroatoms. The van der Waals surface area contributed by atoms with Crippen molar-refractivity contribution >= 4 is 5.91 Å². The number of hydrogen-bond donors (Lipinski definition) is 2. The van der Waals surface area contributed by atoms with Gasteiger partial charge in [0.1, 0.15) is 0 Å². The van der Waals surface area contributed by atoms with Gasteiger partial charge in [0, 0.05) is 25.1 Å². The highest BCUT2D eigenvalue weighted by Gasteiger charge is 2.15. The first-order valence-corrected chi connectivity index (χ1v) is 5.70. The number of nitrogens with two attached hydrogens (primary N) is 1. The Labute approximate surface area is 92.6 Å². The van der Waals surface area contributed by atoms with E-state index in [0.29, 0.717) is 13.2 Å². The second-order valence-electron chi connectivity index (χ2n) is 3.90. The van der Waals surface area contributed by atoms with Gasteiger partial charge < -0.3 is 15.8 Å². The van der Waals surface area contributed by atoms with Crippen molar-refractivity contribution in [3.8, 4) is 0 Å². The lowest BCUT2D eigenvalue weighted by atomic mass is 10.0. The molecule has 0 aromatic rings. The number of ether oxygens (including phenoxy) is 1. The average Bonchev–Trinajstić information content (AvgIpc) is 2.21. The first-order chi connectivity index (χ1) is 7.09. The van der Waals surface area contributed by atoms with E-state index in [-0.39, 0.29) is 17.9 Å². The molecule has 0 rings (SSSR count). The molecule has 1 amide bonds. The van der Waals surface area contributed by atoms with Crippen LogP contribution in [0.25, 0.3) is 0 Å². The highest BCUT2D eigenvalue weighted by molar-refractivity contribution is 5.78. The SMILES string of the molecule is CCCCOCCNC(=O)C(C)C(C)N. The molecule has 0 aromatic carbocycles. The molecule has 4 nitrogen and oxygen atoms in total. The summed E-state index contributed by atoms with van der Waals surface area (Å²) in [7, 11) is 0. The summed E-state index contributed by atoms with van der Waals surface area (Å²) in [5.74, 6) is -0.135. The molecule has 2 unspecified atom stereocenters. The van der Waals surface area contributed by atoms with Crippen LogP contribution in [0, 0.1) is 5.92 Å². The molecule has 0 aliphatic carbocycles. The normalized spacial score (nSPS) is 14.7. The third-order valence-electron chi connectivity index (χ3n) is 2.39. The molecule has 2 atom stereocenters. The van der Waals surface area contributed by atoms with E-state index in [1.54, 1.807) is 0 Å². The lowest BCUT2D eigenvalue weighted by molar-refractivity contribution is -0.125. The molecular formula is C11H24N2O2. The molecule has 15 heavy (non-hydrogen) atoms. The largest absolute Gasteiger partial charge is 0.380 e. The maximum Gasteiger partial charge on any atom is 0.224 e. The summed E-state index contributed by atoms with van der Waals surface area (Å²) in [4.78, 5) is 11.4. The van der Waals surface area contributed by atoms with E-state index in [2.05, 4.69) is 12.2 Å². The molecule has 0 heterocycles. The number of hydrogen-bond acceptors (Lipinski definition) is 3. The van der Waals surface area contributed by atoms with Crippen LogP contribution in [-0.2, 0) is 9.53 Å². The summed E-state index contributed by atoms with van der Waals surface area (Å²) < 4.78 is 5.32. The Balaban J connectivity index is 3.39. The molecule has 0 saturated heterocycles. The predicted molar refractivity (Wildman–Crippen MR) is 61.6 cm³/mol. The second-order valence-corrected chi connectivity index (χ2v) is 3.90. The third kappa shape index (κ3) is 7.33. The van der Waals surface area contributed by atoms with Crippen molar-refractivity contribution in [1.82, 2.24) is 5.32 Å². The summed E-state index contributed by atoms with van der Waals surface area (Å²) in [5.41, 5.74) is 5.61. The van der Waals surface area contributed by atoms with Gasteiger partial charge in [-0.2, -0.15) is 0 Å². The van der Waals surface area contributed by atoms with Crippen LogP contribution in [0.3, 0.4) is 0 Å². The molecule has 0 aliphatic rings. The van der Waals surface area contributed by atoms with Gasteiger partial charge >= 0.3 is 0 Å². The molecule has 0 fully saturated rings. The van der Waals surface area contributed by atoms with Crippen LogP contribution in [0.2, 0.25) is 0 Å². The van der Waals surface area contributed by atoms with Crippen molar-refractivity contribution in [3.63, 3.8) is 0 Å². The number of unbranched alkanes of at least 4 members (excludes halogenated alkanes) is 1. The minimum atomic E-state index is -0.138. The third-order valence-corrected chi connectivity index (χ3v) is 2.39. The predicted octanol–water partition coefficient (Wildman–Crippen LogP) is 0.903.